The SMILES string of the molecule is CCOc1ccc([C@@H]2C(=C(O)c3c(C)nc4c(C)cccn34)C(=O)C(=O)N2CCN2CCOCC2)cc1. The van der Waals surface area contributed by atoms with Gasteiger partial charge in [-0.25, -0.2) is 4.98 Å². The highest BCUT2D eigenvalue weighted by molar-refractivity contribution is 6.46. The first-order valence-electron chi connectivity index (χ1n) is 12.7. The third-order valence-corrected chi connectivity index (χ3v) is 7.05. The van der Waals surface area contributed by atoms with E-state index in [1.807, 2.05) is 50.2 Å². The number of fused-ring (bicyclic) bond motifs is 1. The molecule has 5 rings (SSSR count). The third kappa shape index (κ3) is 4.60. The molecule has 0 saturated carbocycles. The van der Waals surface area contributed by atoms with Gasteiger partial charge in [-0.2, -0.15) is 0 Å². The van der Waals surface area contributed by atoms with Crippen molar-refractivity contribution in [2.45, 2.75) is 26.8 Å². The molecule has 0 radical (unpaired) electrons. The summed E-state index contributed by atoms with van der Waals surface area (Å²) < 4.78 is 12.8. The fraction of sp³-hybridized carbons (Fsp3) is 0.393. The van der Waals surface area contributed by atoms with Crippen LogP contribution in [0.1, 0.15) is 35.5 Å². The van der Waals surface area contributed by atoms with Crippen molar-refractivity contribution in [1.29, 1.82) is 0 Å². The van der Waals surface area contributed by atoms with Crippen molar-refractivity contribution < 1.29 is 24.2 Å². The van der Waals surface area contributed by atoms with E-state index in [1.54, 1.807) is 22.4 Å². The second kappa shape index (κ2) is 10.4. The monoisotopic (exact) mass is 504 g/mol. The quantitative estimate of drug-likeness (QED) is 0.300. The van der Waals surface area contributed by atoms with Gasteiger partial charge < -0.3 is 19.5 Å². The molecule has 0 aliphatic carbocycles. The molecule has 37 heavy (non-hydrogen) atoms. The van der Waals surface area contributed by atoms with Crippen LogP contribution in [0.15, 0.2) is 48.2 Å². The minimum absolute atomic E-state index is 0.0718. The Kier molecular flexibility index (Phi) is 6.99. The number of ketones is 1. The van der Waals surface area contributed by atoms with Gasteiger partial charge in [0.25, 0.3) is 11.7 Å². The molecule has 1 aromatic carbocycles. The van der Waals surface area contributed by atoms with Crippen molar-refractivity contribution in [3.8, 4) is 5.75 Å². The zero-order valence-corrected chi connectivity index (χ0v) is 21.4. The Morgan fingerprint density at radius 3 is 2.54 bits per heavy atom. The summed E-state index contributed by atoms with van der Waals surface area (Å²) in [7, 11) is 0. The molecular formula is C28H32N4O5. The van der Waals surface area contributed by atoms with Crippen molar-refractivity contribution in [2.75, 3.05) is 46.0 Å². The second-order valence-electron chi connectivity index (χ2n) is 9.38. The molecule has 1 atom stereocenters. The van der Waals surface area contributed by atoms with E-state index in [0.717, 1.165) is 24.2 Å². The number of aliphatic hydroxyl groups excluding tert-OH is 1. The molecule has 4 heterocycles. The van der Waals surface area contributed by atoms with Gasteiger partial charge in [-0.15, -0.1) is 0 Å². The van der Waals surface area contributed by atoms with Crippen LogP contribution in [0.4, 0.5) is 0 Å². The Labute approximate surface area is 215 Å². The molecule has 9 heteroatoms. The molecule has 0 unspecified atom stereocenters. The van der Waals surface area contributed by atoms with Crippen LogP contribution in [0.2, 0.25) is 0 Å². The number of aromatic nitrogens is 2. The van der Waals surface area contributed by atoms with Crippen LogP contribution in [-0.4, -0.2) is 82.0 Å². The zero-order chi connectivity index (χ0) is 26.1. The number of amides is 1. The van der Waals surface area contributed by atoms with Crippen LogP contribution in [0.25, 0.3) is 11.4 Å². The number of ether oxygens (including phenoxy) is 2. The van der Waals surface area contributed by atoms with Gasteiger partial charge in [0, 0.05) is 32.4 Å². The van der Waals surface area contributed by atoms with Gasteiger partial charge in [0.2, 0.25) is 0 Å². The summed E-state index contributed by atoms with van der Waals surface area (Å²) in [5.41, 5.74) is 3.44. The fourth-order valence-corrected chi connectivity index (χ4v) is 5.17. The Bertz CT molecular complexity index is 1350. The first-order valence-corrected chi connectivity index (χ1v) is 12.7. The van der Waals surface area contributed by atoms with Crippen LogP contribution in [0.3, 0.4) is 0 Å². The second-order valence-corrected chi connectivity index (χ2v) is 9.38. The summed E-state index contributed by atoms with van der Waals surface area (Å²) >= 11 is 0. The van der Waals surface area contributed by atoms with Crippen molar-refractivity contribution in [2.24, 2.45) is 0 Å². The largest absolute Gasteiger partial charge is 0.505 e. The summed E-state index contributed by atoms with van der Waals surface area (Å²) in [5.74, 6) is -0.831. The highest BCUT2D eigenvalue weighted by Gasteiger charge is 2.46. The van der Waals surface area contributed by atoms with E-state index < -0.39 is 17.7 Å². The van der Waals surface area contributed by atoms with Gasteiger partial charge in [-0.05, 0) is 50.1 Å². The summed E-state index contributed by atoms with van der Waals surface area (Å²) in [6, 6.07) is 10.4. The molecular weight excluding hydrogens is 472 g/mol. The van der Waals surface area contributed by atoms with Crippen molar-refractivity contribution in [1.82, 2.24) is 19.2 Å². The van der Waals surface area contributed by atoms with Crippen LogP contribution in [0, 0.1) is 13.8 Å². The number of hydrogen-bond acceptors (Lipinski definition) is 7. The van der Waals surface area contributed by atoms with Crippen LogP contribution in [-0.2, 0) is 14.3 Å². The normalized spacial score (nSPS) is 20.2. The average Bonchev–Trinajstić information content (AvgIpc) is 3.37. The van der Waals surface area contributed by atoms with Gasteiger partial charge in [-0.3, -0.25) is 18.9 Å². The Morgan fingerprint density at radius 2 is 1.84 bits per heavy atom. The third-order valence-electron chi connectivity index (χ3n) is 7.05. The maximum Gasteiger partial charge on any atom is 0.295 e. The lowest BCUT2D eigenvalue weighted by Gasteiger charge is -2.31. The van der Waals surface area contributed by atoms with Crippen LogP contribution < -0.4 is 4.74 Å². The van der Waals surface area contributed by atoms with Crippen molar-refractivity contribution in [3.05, 3.63) is 70.7 Å². The summed E-state index contributed by atoms with van der Waals surface area (Å²) in [6.45, 7) is 9.98. The highest BCUT2D eigenvalue weighted by Crippen LogP contribution is 2.40. The first-order chi connectivity index (χ1) is 17.9. The van der Waals surface area contributed by atoms with Crippen LogP contribution >= 0.6 is 0 Å². The minimum atomic E-state index is -0.730. The standard InChI is InChI=1S/C28H32N4O5/c1-4-37-21-9-7-20(8-10-21)24-22(25(33)23-19(3)29-27-18(2)6-5-11-31(23)27)26(34)28(35)32(24)13-12-30-14-16-36-17-15-30/h5-11,24,33H,4,12-17H2,1-3H3/t24-/m1/s1. The van der Waals surface area contributed by atoms with E-state index in [4.69, 9.17) is 9.47 Å². The molecule has 2 aliphatic heterocycles. The lowest BCUT2D eigenvalue weighted by atomic mass is 9.96. The predicted octanol–water partition coefficient (Wildman–Crippen LogP) is 3.10. The first kappa shape index (κ1) is 25.0. The summed E-state index contributed by atoms with van der Waals surface area (Å²) in [5, 5.41) is 11.6. The average molecular weight is 505 g/mol. The molecule has 1 N–H and O–H groups in total. The number of imidazole rings is 1. The lowest BCUT2D eigenvalue weighted by Crippen LogP contribution is -2.42. The number of rotatable bonds is 7. The predicted molar refractivity (Wildman–Crippen MR) is 139 cm³/mol. The number of pyridine rings is 1. The van der Waals surface area contributed by atoms with Gasteiger partial charge in [0.15, 0.2) is 5.76 Å². The number of benzene rings is 1. The number of aliphatic hydroxyl groups is 1. The van der Waals surface area contributed by atoms with Crippen LogP contribution in [0.5, 0.6) is 5.75 Å². The van der Waals surface area contributed by atoms with Gasteiger partial charge >= 0.3 is 0 Å². The van der Waals surface area contributed by atoms with E-state index in [9.17, 15) is 14.7 Å². The fourth-order valence-electron chi connectivity index (χ4n) is 5.17. The molecule has 2 aliphatic rings. The Balaban J connectivity index is 1.60. The number of carbonyl (C=O) groups is 2. The molecule has 2 fully saturated rings. The van der Waals surface area contributed by atoms with E-state index in [-0.39, 0.29) is 11.3 Å². The van der Waals surface area contributed by atoms with E-state index in [0.29, 0.717) is 55.7 Å². The van der Waals surface area contributed by atoms with Gasteiger partial charge in [-0.1, -0.05) is 18.2 Å². The Hall–Kier alpha value is -3.69. The van der Waals surface area contributed by atoms with E-state index in [1.165, 1.54) is 0 Å². The Morgan fingerprint density at radius 1 is 1.11 bits per heavy atom. The minimum Gasteiger partial charge on any atom is -0.505 e. The number of carbonyl (C=O) groups excluding carboxylic acids is 2. The molecule has 1 amide bonds. The van der Waals surface area contributed by atoms with Crippen molar-refractivity contribution in [3.63, 3.8) is 0 Å². The molecule has 3 aromatic rings. The number of hydrogen-bond donors (Lipinski definition) is 1. The van der Waals surface area contributed by atoms with Gasteiger partial charge in [0.1, 0.15) is 17.1 Å². The van der Waals surface area contributed by atoms with E-state index in [2.05, 4.69) is 9.88 Å². The number of nitrogens with zero attached hydrogens (tertiary/aromatic N) is 4. The number of aryl methyl sites for hydroxylation is 2. The van der Waals surface area contributed by atoms with Gasteiger partial charge in [0.05, 0.1) is 37.1 Å². The summed E-state index contributed by atoms with van der Waals surface area (Å²) in [4.78, 5) is 35.2. The number of likely N-dealkylation sites (tertiary alicyclic amines) is 1. The maximum atomic E-state index is 13.5. The highest BCUT2D eigenvalue weighted by atomic mass is 16.5. The van der Waals surface area contributed by atoms with E-state index >= 15 is 0 Å². The maximum absolute atomic E-state index is 13.5. The topological polar surface area (TPSA) is 96.6 Å². The lowest BCUT2D eigenvalue weighted by molar-refractivity contribution is -0.140. The molecule has 2 saturated heterocycles. The number of morpholine rings is 1. The summed E-state index contributed by atoms with van der Waals surface area (Å²) in [6.07, 6.45) is 1.80. The molecule has 2 aromatic heterocycles. The molecule has 194 valence electrons. The van der Waals surface area contributed by atoms with Crippen molar-refractivity contribution >= 4 is 23.1 Å². The molecule has 0 bridgehead atoms. The zero-order valence-electron chi connectivity index (χ0n) is 21.4. The number of Topliss-reactive ketones (excluding diaryl/α,β-unsaturated/α-hetero) is 1. The molecule has 9 nitrogen and oxygen atoms in total. The molecule has 0 spiro atoms. The smallest absolute Gasteiger partial charge is 0.295 e.